The first kappa shape index (κ1) is 15.2. The zero-order valence-corrected chi connectivity index (χ0v) is 11.7. The Kier molecular flexibility index (Phi) is 4.72. The lowest BCUT2D eigenvalue weighted by molar-refractivity contribution is -0.386. The van der Waals surface area contributed by atoms with Crippen LogP contribution in [0, 0.1) is 21.8 Å². The van der Waals surface area contributed by atoms with Crippen molar-refractivity contribution in [1.82, 2.24) is 0 Å². The van der Waals surface area contributed by atoms with Crippen LogP contribution in [-0.4, -0.2) is 24.0 Å². The summed E-state index contributed by atoms with van der Waals surface area (Å²) in [5, 5.41) is 13.9. The summed E-state index contributed by atoms with van der Waals surface area (Å²) >= 11 is 0. The summed E-state index contributed by atoms with van der Waals surface area (Å²) in [5.41, 5.74) is -0.353. The predicted octanol–water partition coefficient (Wildman–Crippen LogP) is 2.88. The van der Waals surface area contributed by atoms with Gasteiger partial charge in [-0.1, -0.05) is 6.07 Å². The fraction of sp³-hybridized carbons (Fsp3) is 0.500. The number of esters is 1. The summed E-state index contributed by atoms with van der Waals surface area (Å²) in [5.74, 6) is -1.19. The van der Waals surface area contributed by atoms with Gasteiger partial charge in [-0.05, 0) is 37.8 Å². The van der Waals surface area contributed by atoms with Gasteiger partial charge < -0.3 is 10.1 Å². The zero-order valence-electron chi connectivity index (χ0n) is 11.7. The molecule has 1 N–H and O–H groups in total. The number of nitro benzene ring substituents is 1. The van der Waals surface area contributed by atoms with Gasteiger partial charge in [0, 0.05) is 6.04 Å². The largest absolute Gasteiger partial charge is 0.469 e. The summed E-state index contributed by atoms with van der Waals surface area (Å²) in [7, 11) is 1.36. The van der Waals surface area contributed by atoms with Crippen LogP contribution >= 0.6 is 0 Å². The first-order chi connectivity index (χ1) is 10.0. The van der Waals surface area contributed by atoms with Gasteiger partial charge in [0.05, 0.1) is 18.0 Å². The Morgan fingerprint density at radius 1 is 1.38 bits per heavy atom. The molecule has 0 bridgehead atoms. The van der Waals surface area contributed by atoms with Crippen LogP contribution in [0.15, 0.2) is 18.2 Å². The number of carbonyl (C=O) groups is 1. The van der Waals surface area contributed by atoms with Gasteiger partial charge >= 0.3 is 11.7 Å². The molecule has 0 radical (unpaired) electrons. The molecular formula is C14H17FN2O4. The molecule has 0 aromatic heterocycles. The fourth-order valence-corrected chi connectivity index (χ4v) is 2.68. The van der Waals surface area contributed by atoms with Gasteiger partial charge in [0.25, 0.3) is 0 Å². The van der Waals surface area contributed by atoms with E-state index >= 15 is 0 Å². The molecule has 0 heterocycles. The molecule has 0 aliphatic heterocycles. The molecule has 1 aliphatic carbocycles. The van der Waals surface area contributed by atoms with E-state index in [-0.39, 0.29) is 23.6 Å². The summed E-state index contributed by atoms with van der Waals surface area (Å²) in [6.45, 7) is 0. The number of nitro groups is 1. The lowest BCUT2D eigenvalue weighted by atomic mass is 9.86. The van der Waals surface area contributed by atoms with Gasteiger partial charge in [-0.15, -0.1) is 0 Å². The Hall–Kier alpha value is -2.18. The molecule has 2 rings (SSSR count). The minimum atomic E-state index is -0.853. The highest BCUT2D eigenvalue weighted by atomic mass is 19.1. The maximum atomic E-state index is 13.5. The van der Waals surface area contributed by atoms with Crippen molar-refractivity contribution in [2.45, 2.75) is 31.7 Å². The Morgan fingerprint density at radius 2 is 2.05 bits per heavy atom. The van der Waals surface area contributed by atoms with Crippen molar-refractivity contribution in [3.63, 3.8) is 0 Å². The highest BCUT2D eigenvalue weighted by molar-refractivity contribution is 5.72. The van der Waals surface area contributed by atoms with Gasteiger partial charge in [-0.2, -0.15) is 4.39 Å². The normalized spacial score (nSPS) is 21.6. The van der Waals surface area contributed by atoms with Crippen molar-refractivity contribution in [3.8, 4) is 0 Å². The van der Waals surface area contributed by atoms with Gasteiger partial charge in [0.1, 0.15) is 5.69 Å². The maximum absolute atomic E-state index is 13.5. The van der Waals surface area contributed by atoms with Crippen molar-refractivity contribution >= 4 is 17.3 Å². The van der Waals surface area contributed by atoms with E-state index in [1.54, 1.807) is 0 Å². The third-order valence-electron chi connectivity index (χ3n) is 3.79. The monoisotopic (exact) mass is 296 g/mol. The number of nitrogens with zero attached hydrogens (tertiary/aromatic N) is 1. The molecule has 0 spiro atoms. The van der Waals surface area contributed by atoms with Crippen LogP contribution in [0.1, 0.15) is 25.7 Å². The number of nitrogens with one attached hydrogen (secondary N) is 1. The van der Waals surface area contributed by atoms with Crippen molar-refractivity contribution in [2.24, 2.45) is 5.92 Å². The predicted molar refractivity (Wildman–Crippen MR) is 74.4 cm³/mol. The lowest BCUT2D eigenvalue weighted by Crippen LogP contribution is -2.30. The van der Waals surface area contributed by atoms with E-state index in [4.69, 9.17) is 4.74 Å². The van der Waals surface area contributed by atoms with E-state index in [9.17, 15) is 19.3 Å². The molecule has 1 saturated carbocycles. The average molecular weight is 296 g/mol. The molecule has 0 unspecified atom stereocenters. The van der Waals surface area contributed by atoms with E-state index in [1.807, 2.05) is 0 Å². The van der Waals surface area contributed by atoms with Gasteiger partial charge in [0.15, 0.2) is 0 Å². The van der Waals surface area contributed by atoms with Crippen LogP contribution in [0.5, 0.6) is 0 Å². The molecule has 1 aromatic rings. The second-order valence-corrected chi connectivity index (χ2v) is 5.11. The number of rotatable bonds is 4. The van der Waals surface area contributed by atoms with Crippen LogP contribution in [0.4, 0.5) is 15.8 Å². The molecule has 0 atom stereocenters. The zero-order chi connectivity index (χ0) is 15.4. The highest BCUT2D eigenvalue weighted by Gasteiger charge is 2.28. The summed E-state index contributed by atoms with van der Waals surface area (Å²) in [6.07, 6.45) is 2.70. The van der Waals surface area contributed by atoms with E-state index in [1.165, 1.54) is 19.2 Å². The van der Waals surface area contributed by atoms with Gasteiger partial charge in [-0.25, -0.2) is 0 Å². The molecule has 6 nitrogen and oxygen atoms in total. The molecule has 1 fully saturated rings. The van der Waals surface area contributed by atoms with Crippen molar-refractivity contribution in [3.05, 3.63) is 34.1 Å². The van der Waals surface area contributed by atoms with Crippen LogP contribution in [0.25, 0.3) is 0 Å². The summed E-state index contributed by atoms with van der Waals surface area (Å²) in [4.78, 5) is 21.6. The first-order valence-corrected chi connectivity index (χ1v) is 6.80. The Labute approximate surface area is 121 Å². The number of hydrogen-bond acceptors (Lipinski definition) is 5. The molecule has 0 amide bonds. The average Bonchev–Trinajstić information content (AvgIpc) is 2.47. The number of anilines is 1. The molecule has 7 heteroatoms. The standard InChI is InChI=1S/C14H17FN2O4/c1-21-14(18)9-5-7-10(8-6-9)16-12-4-2-3-11(15)13(12)17(19)20/h2-4,9-10,16H,5-8H2,1H3. The summed E-state index contributed by atoms with van der Waals surface area (Å²) < 4.78 is 18.2. The SMILES string of the molecule is COC(=O)C1CCC(Nc2cccc(F)c2[N+](=O)[O-])CC1. The number of ether oxygens (including phenoxy) is 1. The van der Waals surface area contributed by atoms with E-state index < -0.39 is 16.4 Å². The fourth-order valence-electron chi connectivity index (χ4n) is 2.68. The molecule has 114 valence electrons. The van der Waals surface area contributed by atoms with E-state index in [0.29, 0.717) is 25.7 Å². The van der Waals surface area contributed by atoms with Crippen LogP contribution in [0.3, 0.4) is 0 Å². The third-order valence-corrected chi connectivity index (χ3v) is 3.79. The van der Waals surface area contributed by atoms with Crippen LogP contribution < -0.4 is 5.32 Å². The number of hydrogen-bond donors (Lipinski definition) is 1. The van der Waals surface area contributed by atoms with Crippen molar-refractivity contribution < 1.29 is 18.8 Å². The number of para-hydroxylation sites is 1. The van der Waals surface area contributed by atoms with Crippen LogP contribution in [-0.2, 0) is 9.53 Å². The Bertz CT molecular complexity index is 542. The number of carbonyl (C=O) groups excluding carboxylic acids is 1. The van der Waals surface area contributed by atoms with E-state index in [0.717, 1.165) is 6.07 Å². The quantitative estimate of drug-likeness (QED) is 0.525. The van der Waals surface area contributed by atoms with Crippen molar-refractivity contribution in [2.75, 3.05) is 12.4 Å². The van der Waals surface area contributed by atoms with E-state index in [2.05, 4.69) is 5.32 Å². The second kappa shape index (κ2) is 6.51. The molecule has 21 heavy (non-hydrogen) atoms. The third kappa shape index (κ3) is 3.48. The summed E-state index contributed by atoms with van der Waals surface area (Å²) in [6, 6.07) is 3.99. The smallest absolute Gasteiger partial charge is 0.327 e. The van der Waals surface area contributed by atoms with Crippen molar-refractivity contribution in [1.29, 1.82) is 0 Å². The highest BCUT2D eigenvalue weighted by Crippen LogP contribution is 2.32. The van der Waals surface area contributed by atoms with Crippen LogP contribution in [0.2, 0.25) is 0 Å². The number of halogens is 1. The van der Waals surface area contributed by atoms with Gasteiger partial charge in [-0.3, -0.25) is 14.9 Å². The maximum Gasteiger partial charge on any atom is 0.327 e. The Balaban J connectivity index is 2.03. The topological polar surface area (TPSA) is 81.5 Å². The number of benzene rings is 1. The number of methoxy groups -OCH3 is 1. The molecule has 1 aromatic carbocycles. The second-order valence-electron chi connectivity index (χ2n) is 5.11. The molecular weight excluding hydrogens is 279 g/mol. The molecule has 1 aliphatic rings. The van der Waals surface area contributed by atoms with Gasteiger partial charge in [0.2, 0.25) is 5.82 Å². The minimum absolute atomic E-state index is 0.00796. The minimum Gasteiger partial charge on any atom is -0.469 e. The first-order valence-electron chi connectivity index (χ1n) is 6.80. The lowest BCUT2D eigenvalue weighted by Gasteiger charge is -2.28. The Morgan fingerprint density at radius 3 is 2.62 bits per heavy atom. The molecule has 0 saturated heterocycles.